The topological polar surface area (TPSA) is 127 Å². The van der Waals surface area contributed by atoms with Crippen LogP contribution in [-0.2, 0) is 29.2 Å². The zero-order valence-corrected chi connectivity index (χ0v) is 22.6. The van der Waals surface area contributed by atoms with Gasteiger partial charge in [-0.25, -0.2) is 8.37 Å². The van der Waals surface area contributed by atoms with Gasteiger partial charge in [-0.3, -0.25) is 9.11 Å². The van der Waals surface area contributed by atoms with Crippen molar-refractivity contribution < 1.29 is 34.3 Å². The minimum absolute atomic E-state index is 0. The summed E-state index contributed by atoms with van der Waals surface area (Å²) in [5.41, 5.74) is 0. The minimum atomic E-state index is -4.23. The Morgan fingerprint density at radius 1 is 0.484 bits per heavy atom. The monoisotopic (exact) mass is 500 g/mol. The van der Waals surface area contributed by atoms with E-state index in [1.165, 1.54) is 64.2 Å². The summed E-state index contributed by atoms with van der Waals surface area (Å²) in [5, 5.41) is 0. The highest BCUT2D eigenvalue weighted by Crippen LogP contribution is 2.09. The van der Waals surface area contributed by atoms with Gasteiger partial charge in [0.15, 0.2) is 0 Å². The second kappa shape index (κ2) is 25.1. The fraction of sp³-hybridized carbons (Fsp3) is 1.00. The zero-order valence-electron chi connectivity index (χ0n) is 19.6. The maximum Gasteiger partial charge on any atom is 0.397 e. The van der Waals surface area contributed by atoms with Crippen LogP contribution in [0.25, 0.3) is 0 Å². The first-order valence-corrected chi connectivity index (χ1v) is 14.1. The Balaban J connectivity index is -0.000000490. The SMILES string of the molecule is CCCCCCCCCCOS(=O)(=O)O.CCCCCCCCCCOS(=O)(=O)O.[Mg]. The highest BCUT2D eigenvalue weighted by Gasteiger charge is 2.03. The van der Waals surface area contributed by atoms with Crippen molar-refractivity contribution in [1.82, 2.24) is 0 Å². The van der Waals surface area contributed by atoms with Crippen LogP contribution >= 0.6 is 0 Å². The third-order valence-electron chi connectivity index (χ3n) is 4.46. The van der Waals surface area contributed by atoms with E-state index in [9.17, 15) is 16.8 Å². The van der Waals surface area contributed by atoms with Crippen molar-refractivity contribution in [2.45, 2.75) is 117 Å². The average Bonchev–Trinajstić information content (AvgIpc) is 2.64. The van der Waals surface area contributed by atoms with Gasteiger partial charge in [0.05, 0.1) is 13.2 Å². The van der Waals surface area contributed by atoms with Gasteiger partial charge in [0.25, 0.3) is 0 Å². The summed E-state index contributed by atoms with van der Waals surface area (Å²) in [6.07, 6.45) is 18.1. The largest absolute Gasteiger partial charge is 0.397 e. The first kappa shape index (κ1) is 36.1. The summed E-state index contributed by atoms with van der Waals surface area (Å²) in [5.74, 6) is 0. The smallest absolute Gasteiger partial charge is 0.264 e. The molecule has 0 saturated heterocycles. The summed E-state index contributed by atoms with van der Waals surface area (Å²) in [6, 6.07) is 0. The third-order valence-corrected chi connectivity index (χ3v) is 5.39. The molecule has 0 heterocycles. The van der Waals surface area contributed by atoms with Crippen LogP contribution in [-0.4, -0.2) is 62.2 Å². The van der Waals surface area contributed by atoms with Crippen LogP contribution < -0.4 is 0 Å². The molecule has 0 aromatic rings. The molecule has 0 aromatic heterocycles. The van der Waals surface area contributed by atoms with Crippen LogP contribution in [0.2, 0.25) is 0 Å². The van der Waals surface area contributed by atoms with Crippen molar-refractivity contribution in [1.29, 1.82) is 0 Å². The van der Waals surface area contributed by atoms with Crippen molar-refractivity contribution in [3.8, 4) is 0 Å². The summed E-state index contributed by atoms with van der Waals surface area (Å²) in [6.45, 7) is 4.56. The third kappa shape index (κ3) is 41.3. The Hall–Kier alpha value is 0.506. The first-order valence-electron chi connectivity index (χ1n) is 11.4. The standard InChI is InChI=1S/2C10H22O4S.Mg/c2*1-2-3-4-5-6-7-8-9-10-14-15(11,12)13;/h2*2-10H2,1H3,(H,11,12,13);. The van der Waals surface area contributed by atoms with E-state index < -0.39 is 20.8 Å². The lowest BCUT2D eigenvalue weighted by molar-refractivity contribution is 0.260. The molecule has 0 bridgehead atoms. The van der Waals surface area contributed by atoms with Crippen molar-refractivity contribution in [3.63, 3.8) is 0 Å². The highest BCUT2D eigenvalue weighted by molar-refractivity contribution is 7.81. The van der Waals surface area contributed by atoms with E-state index >= 15 is 0 Å². The van der Waals surface area contributed by atoms with E-state index in [4.69, 9.17) is 9.11 Å². The summed E-state index contributed by atoms with van der Waals surface area (Å²) < 4.78 is 65.6. The van der Waals surface area contributed by atoms with E-state index in [0.29, 0.717) is 12.8 Å². The van der Waals surface area contributed by atoms with E-state index in [0.717, 1.165) is 25.7 Å². The molecule has 11 heteroatoms. The first-order chi connectivity index (χ1) is 14.1. The lowest BCUT2D eigenvalue weighted by Crippen LogP contribution is -2.04. The van der Waals surface area contributed by atoms with E-state index in [-0.39, 0.29) is 36.3 Å². The van der Waals surface area contributed by atoms with Crippen LogP contribution in [0.5, 0.6) is 0 Å². The molecule has 0 aliphatic carbocycles. The van der Waals surface area contributed by atoms with Crippen LogP contribution in [0.1, 0.15) is 117 Å². The lowest BCUT2D eigenvalue weighted by Gasteiger charge is -2.01. The Morgan fingerprint density at radius 3 is 0.935 bits per heavy atom. The van der Waals surface area contributed by atoms with Gasteiger partial charge < -0.3 is 0 Å². The molecule has 0 aliphatic heterocycles. The molecule has 31 heavy (non-hydrogen) atoms. The Kier molecular flexibility index (Phi) is 29.3. The van der Waals surface area contributed by atoms with Gasteiger partial charge in [-0.05, 0) is 12.8 Å². The molecular weight excluding hydrogens is 457 g/mol. The molecule has 0 aliphatic rings. The van der Waals surface area contributed by atoms with Crippen molar-refractivity contribution in [2.24, 2.45) is 0 Å². The van der Waals surface area contributed by atoms with Gasteiger partial charge in [0.1, 0.15) is 0 Å². The molecule has 0 aromatic carbocycles. The molecular formula is C20H44MgO8S2. The van der Waals surface area contributed by atoms with Crippen LogP contribution in [0, 0.1) is 0 Å². The Labute approximate surface area is 207 Å². The van der Waals surface area contributed by atoms with Crippen LogP contribution in [0.3, 0.4) is 0 Å². The molecule has 0 spiro atoms. The quantitative estimate of drug-likeness (QED) is 0.127. The zero-order chi connectivity index (χ0) is 23.1. The Morgan fingerprint density at radius 2 is 0.710 bits per heavy atom. The van der Waals surface area contributed by atoms with Crippen LogP contribution in [0.4, 0.5) is 0 Å². The van der Waals surface area contributed by atoms with E-state index in [1.807, 2.05) is 0 Å². The molecule has 0 saturated carbocycles. The fourth-order valence-electron chi connectivity index (χ4n) is 2.80. The summed E-state index contributed by atoms with van der Waals surface area (Å²) in [4.78, 5) is 0. The predicted octanol–water partition coefficient (Wildman–Crippen LogP) is 5.51. The molecule has 2 radical (unpaired) electrons. The van der Waals surface area contributed by atoms with Gasteiger partial charge in [-0.1, -0.05) is 104 Å². The van der Waals surface area contributed by atoms with Crippen molar-refractivity contribution in [2.75, 3.05) is 13.2 Å². The fourth-order valence-corrected chi connectivity index (χ4v) is 3.46. The molecule has 0 atom stereocenters. The molecule has 0 rings (SSSR count). The molecule has 0 amide bonds. The molecule has 186 valence electrons. The molecule has 0 unspecified atom stereocenters. The van der Waals surface area contributed by atoms with Gasteiger partial charge in [0, 0.05) is 23.1 Å². The molecule has 8 nitrogen and oxygen atoms in total. The molecule has 0 fully saturated rings. The maximum atomic E-state index is 10.2. The van der Waals surface area contributed by atoms with Crippen molar-refractivity contribution in [3.05, 3.63) is 0 Å². The van der Waals surface area contributed by atoms with E-state index in [2.05, 4.69) is 22.2 Å². The van der Waals surface area contributed by atoms with E-state index in [1.54, 1.807) is 0 Å². The Bertz CT molecular complexity index is 504. The van der Waals surface area contributed by atoms with Gasteiger partial charge in [-0.15, -0.1) is 0 Å². The van der Waals surface area contributed by atoms with Gasteiger partial charge >= 0.3 is 20.8 Å². The normalized spacial score (nSPS) is 11.5. The number of rotatable bonds is 20. The number of hydrogen-bond acceptors (Lipinski definition) is 6. The molecule has 2 N–H and O–H groups in total. The lowest BCUT2D eigenvalue weighted by atomic mass is 10.1. The number of hydrogen-bond donors (Lipinski definition) is 2. The maximum absolute atomic E-state index is 10.2. The summed E-state index contributed by atoms with van der Waals surface area (Å²) >= 11 is 0. The average molecular weight is 501 g/mol. The van der Waals surface area contributed by atoms with Crippen molar-refractivity contribution >= 4 is 43.9 Å². The number of unbranched alkanes of at least 4 members (excludes halogenated alkanes) is 14. The predicted molar refractivity (Wildman–Crippen MR) is 126 cm³/mol. The van der Waals surface area contributed by atoms with Crippen LogP contribution in [0.15, 0.2) is 0 Å². The second-order valence-corrected chi connectivity index (χ2v) is 9.63. The van der Waals surface area contributed by atoms with Gasteiger partial charge in [-0.2, -0.15) is 16.8 Å². The van der Waals surface area contributed by atoms with Gasteiger partial charge in [0.2, 0.25) is 0 Å². The highest BCUT2D eigenvalue weighted by atomic mass is 32.3. The summed E-state index contributed by atoms with van der Waals surface area (Å²) in [7, 11) is -8.46. The minimum Gasteiger partial charge on any atom is -0.264 e. The second-order valence-electron chi connectivity index (χ2n) is 7.45.